The van der Waals surface area contributed by atoms with Gasteiger partial charge in [-0.15, -0.1) is 0 Å². The number of rotatable bonds is 5. The van der Waals surface area contributed by atoms with E-state index in [-0.39, 0.29) is 0 Å². The van der Waals surface area contributed by atoms with Gasteiger partial charge in [-0.05, 0) is 52.7 Å². The fourth-order valence-electron chi connectivity index (χ4n) is 2.20. The number of nitrogens with one attached hydrogen (secondary N) is 1. The molecule has 1 saturated carbocycles. The second kappa shape index (κ2) is 4.97. The van der Waals surface area contributed by atoms with Gasteiger partial charge in [0.25, 0.3) is 0 Å². The Bertz CT molecular complexity index is 147. The van der Waals surface area contributed by atoms with Gasteiger partial charge in [0.05, 0.1) is 0 Å². The molecule has 2 heteroatoms. The van der Waals surface area contributed by atoms with Gasteiger partial charge < -0.3 is 10.2 Å². The highest BCUT2D eigenvalue weighted by Crippen LogP contribution is 2.32. The van der Waals surface area contributed by atoms with E-state index in [2.05, 4.69) is 38.2 Å². The lowest BCUT2D eigenvalue weighted by Gasteiger charge is -2.45. The molecular formula is C11H24N2. The Balaban J connectivity index is 2.34. The quantitative estimate of drug-likeness (QED) is 0.700. The van der Waals surface area contributed by atoms with E-state index in [1.807, 2.05) is 0 Å². The highest BCUT2D eigenvalue weighted by Gasteiger charge is 2.34. The summed E-state index contributed by atoms with van der Waals surface area (Å²) in [6.07, 6.45) is 4.07. The molecule has 0 aliphatic heterocycles. The molecule has 0 aromatic rings. The number of nitrogens with zero attached hydrogens (tertiary/aromatic N) is 1. The van der Waals surface area contributed by atoms with Crippen LogP contribution in [0, 0.1) is 5.92 Å². The van der Waals surface area contributed by atoms with E-state index in [0.29, 0.717) is 0 Å². The van der Waals surface area contributed by atoms with E-state index in [1.54, 1.807) is 0 Å². The molecule has 1 aliphatic rings. The third-order valence-corrected chi connectivity index (χ3v) is 3.65. The molecule has 0 spiro atoms. The lowest BCUT2D eigenvalue weighted by atomic mass is 9.78. The van der Waals surface area contributed by atoms with Crippen LogP contribution in [-0.4, -0.2) is 37.6 Å². The van der Waals surface area contributed by atoms with Crippen LogP contribution in [0.4, 0.5) is 0 Å². The van der Waals surface area contributed by atoms with Crippen LogP contribution in [0.2, 0.25) is 0 Å². The van der Waals surface area contributed by atoms with Crippen molar-refractivity contribution in [3.05, 3.63) is 0 Å². The zero-order chi connectivity index (χ0) is 9.84. The van der Waals surface area contributed by atoms with Crippen LogP contribution < -0.4 is 5.32 Å². The molecule has 3 unspecified atom stereocenters. The summed E-state index contributed by atoms with van der Waals surface area (Å²) in [5.41, 5.74) is 0. The first-order chi connectivity index (χ1) is 6.20. The Kier molecular flexibility index (Phi) is 4.20. The first-order valence-electron chi connectivity index (χ1n) is 5.57. The molecular weight excluding hydrogens is 160 g/mol. The van der Waals surface area contributed by atoms with E-state index in [9.17, 15) is 0 Å². The minimum absolute atomic E-state index is 0.740. The molecule has 13 heavy (non-hydrogen) atoms. The summed E-state index contributed by atoms with van der Waals surface area (Å²) in [7, 11) is 4.33. The molecule has 78 valence electrons. The zero-order valence-corrected chi connectivity index (χ0v) is 9.51. The average molecular weight is 184 g/mol. The standard InChI is InChI=1S/C11H24N2/c1-5-9(2)13(4)11-7-6-10(11)8-12-3/h9-12H,5-8H2,1-4H3. The zero-order valence-electron chi connectivity index (χ0n) is 9.51. The summed E-state index contributed by atoms with van der Waals surface area (Å²) in [6, 6.07) is 1.58. The van der Waals surface area contributed by atoms with Crippen LogP contribution in [0.1, 0.15) is 33.1 Å². The summed E-state index contributed by atoms with van der Waals surface area (Å²) in [5.74, 6) is 0.893. The maximum Gasteiger partial charge on any atom is 0.0135 e. The summed E-state index contributed by atoms with van der Waals surface area (Å²) >= 11 is 0. The van der Waals surface area contributed by atoms with Crippen LogP contribution in [0.25, 0.3) is 0 Å². The molecule has 0 aromatic carbocycles. The molecule has 1 aliphatic carbocycles. The maximum absolute atomic E-state index is 3.28. The van der Waals surface area contributed by atoms with Gasteiger partial charge in [-0.3, -0.25) is 0 Å². The van der Waals surface area contributed by atoms with Gasteiger partial charge in [-0.2, -0.15) is 0 Å². The Morgan fingerprint density at radius 1 is 1.46 bits per heavy atom. The van der Waals surface area contributed by atoms with Crippen molar-refractivity contribution < 1.29 is 0 Å². The summed E-state index contributed by atoms with van der Waals surface area (Å²) < 4.78 is 0. The van der Waals surface area contributed by atoms with Crippen LogP contribution in [0.3, 0.4) is 0 Å². The molecule has 0 amide bonds. The highest BCUT2D eigenvalue weighted by atomic mass is 15.2. The van der Waals surface area contributed by atoms with E-state index < -0.39 is 0 Å². The van der Waals surface area contributed by atoms with Gasteiger partial charge in [-0.1, -0.05) is 6.92 Å². The minimum Gasteiger partial charge on any atom is -0.319 e. The van der Waals surface area contributed by atoms with Gasteiger partial charge in [0.2, 0.25) is 0 Å². The van der Waals surface area contributed by atoms with Crippen molar-refractivity contribution >= 4 is 0 Å². The average Bonchev–Trinajstić information content (AvgIpc) is 2.10. The second-order valence-corrected chi connectivity index (χ2v) is 4.39. The summed E-state index contributed by atoms with van der Waals surface area (Å²) in [4.78, 5) is 2.56. The molecule has 1 rings (SSSR count). The molecule has 1 fully saturated rings. The molecule has 0 bridgehead atoms. The van der Waals surface area contributed by atoms with Crippen molar-refractivity contribution in [2.45, 2.75) is 45.2 Å². The minimum atomic E-state index is 0.740. The topological polar surface area (TPSA) is 15.3 Å². The van der Waals surface area contributed by atoms with Gasteiger partial charge in [0.15, 0.2) is 0 Å². The Morgan fingerprint density at radius 3 is 2.54 bits per heavy atom. The normalized spacial score (nSPS) is 30.2. The predicted molar refractivity (Wildman–Crippen MR) is 58.0 cm³/mol. The van der Waals surface area contributed by atoms with Crippen molar-refractivity contribution in [1.29, 1.82) is 0 Å². The first-order valence-corrected chi connectivity index (χ1v) is 5.57. The third kappa shape index (κ3) is 2.44. The van der Waals surface area contributed by atoms with Crippen molar-refractivity contribution in [2.75, 3.05) is 20.6 Å². The fraction of sp³-hybridized carbons (Fsp3) is 1.00. The fourth-order valence-corrected chi connectivity index (χ4v) is 2.20. The molecule has 3 atom stereocenters. The first kappa shape index (κ1) is 11.0. The molecule has 2 nitrogen and oxygen atoms in total. The summed E-state index contributed by atoms with van der Waals surface area (Å²) in [5, 5.41) is 3.28. The summed E-state index contributed by atoms with van der Waals surface area (Å²) in [6.45, 7) is 5.78. The molecule has 1 N–H and O–H groups in total. The molecule has 0 radical (unpaired) electrons. The maximum atomic E-state index is 3.28. The monoisotopic (exact) mass is 184 g/mol. The van der Waals surface area contributed by atoms with Crippen molar-refractivity contribution in [3.8, 4) is 0 Å². The smallest absolute Gasteiger partial charge is 0.0135 e. The predicted octanol–water partition coefficient (Wildman–Crippen LogP) is 1.71. The van der Waals surface area contributed by atoms with E-state index in [0.717, 1.165) is 18.0 Å². The molecule has 0 saturated heterocycles. The highest BCUT2D eigenvalue weighted by molar-refractivity contribution is 4.90. The van der Waals surface area contributed by atoms with Crippen LogP contribution in [-0.2, 0) is 0 Å². The van der Waals surface area contributed by atoms with E-state index in [1.165, 1.54) is 25.8 Å². The number of hydrogen-bond donors (Lipinski definition) is 1. The van der Waals surface area contributed by atoms with Crippen LogP contribution in [0.5, 0.6) is 0 Å². The molecule has 0 aromatic heterocycles. The van der Waals surface area contributed by atoms with E-state index >= 15 is 0 Å². The third-order valence-electron chi connectivity index (χ3n) is 3.65. The lowest BCUT2D eigenvalue weighted by molar-refractivity contribution is 0.0550. The Labute approximate surface area is 82.7 Å². The van der Waals surface area contributed by atoms with Gasteiger partial charge in [-0.25, -0.2) is 0 Å². The van der Waals surface area contributed by atoms with Crippen LogP contribution >= 0.6 is 0 Å². The van der Waals surface area contributed by atoms with Gasteiger partial charge >= 0.3 is 0 Å². The Hall–Kier alpha value is -0.0800. The second-order valence-electron chi connectivity index (χ2n) is 4.39. The van der Waals surface area contributed by atoms with E-state index in [4.69, 9.17) is 0 Å². The van der Waals surface area contributed by atoms with Gasteiger partial charge in [0.1, 0.15) is 0 Å². The Morgan fingerprint density at radius 2 is 2.15 bits per heavy atom. The lowest BCUT2D eigenvalue weighted by Crippen LogP contribution is -2.51. The van der Waals surface area contributed by atoms with Crippen molar-refractivity contribution in [2.24, 2.45) is 5.92 Å². The van der Waals surface area contributed by atoms with Gasteiger partial charge in [0, 0.05) is 12.1 Å². The molecule has 0 heterocycles. The van der Waals surface area contributed by atoms with Crippen molar-refractivity contribution in [1.82, 2.24) is 10.2 Å². The SMILES string of the molecule is CCC(C)N(C)C1CCC1CNC. The largest absolute Gasteiger partial charge is 0.319 e. The number of hydrogen-bond acceptors (Lipinski definition) is 2. The van der Waals surface area contributed by atoms with Crippen LogP contribution in [0.15, 0.2) is 0 Å². The van der Waals surface area contributed by atoms with Crippen molar-refractivity contribution in [3.63, 3.8) is 0 Å².